The van der Waals surface area contributed by atoms with Crippen molar-refractivity contribution in [2.45, 2.75) is 19.5 Å². The van der Waals surface area contributed by atoms with E-state index in [2.05, 4.69) is 10.3 Å². The number of hydrogen-bond donors (Lipinski definition) is 1. The first-order valence-electron chi connectivity index (χ1n) is 9.73. The average molecular weight is 436 g/mol. The lowest BCUT2D eigenvalue weighted by Gasteiger charge is -2.23. The van der Waals surface area contributed by atoms with E-state index in [9.17, 15) is 18.4 Å². The Balaban J connectivity index is 1.65. The van der Waals surface area contributed by atoms with Crippen LogP contribution >= 0.6 is 0 Å². The molecule has 0 aliphatic carbocycles. The maximum absolute atomic E-state index is 13.7. The average Bonchev–Trinajstić information content (AvgIpc) is 3.14. The van der Waals surface area contributed by atoms with Gasteiger partial charge in [0.2, 0.25) is 5.91 Å². The molecule has 0 radical (unpaired) electrons. The minimum atomic E-state index is -0.973. The third-order valence-electron chi connectivity index (χ3n) is 4.87. The first-order chi connectivity index (χ1) is 15.4. The van der Waals surface area contributed by atoms with Crippen molar-refractivity contribution >= 4 is 28.6 Å². The number of benzene rings is 3. The Morgan fingerprint density at radius 3 is 2.31 bits per heavy atom. The van der Waals surface area contributed by atoms with E-state index in [1.807, 2.05) is 6.07 Å². The summed E-state index contributed by atoms with van der Waals surface area (Å²) in [4.78, 5) is 25.6. The number of carboxylic acid groups (broad SMARTS) is 1. The molecular weight excluding hydrogens is 418 g/mol. The number of aromatic nitrogens is 3. The third-order valence-corrected chi connectivity index (χ3v) is 4.87. The molecule has 7 nitrogen and oxygen atoms in total. The van der Waals surface area contributed by atoms with E-state index in [1.54, 1.807) is 42.5 Å². The molecule has 0 spiro atoms. The van der Waals surface area contributed by atoms with Crippen LogP contribution in [0, 0.1) is 11.6 Å². The Morgan fingerprint density at radius 1 is 0.938 bits per heavy atom. The van der Waals surface area contributed by atoms with Gasteiger partial charge in [0.05, 0.1) is 18.5 Å². The van der Waals surface area contributed by atoms with E-state index < -0.39 is 17.6 Å². The predicted molar refractivity (Wildman–Crippen MR) is 113 cm³/mol. The van der Waals surface area contributed by atoms with Gasteiger partial charge in [-0.1, -0.05) is 29.5 Å². The van der Waals surface area contributed by atoms with Gasteiger partial charge in [-0.15, -0.1) is 5.10 Å². The van der Waals surface area contributed by atoms with Crippen LogP contribution < -0.4 is 4.90 Å². The quantitative estimate of drug-likeness (QED) is 0.479. The monoisotopic (exact) mass is 436 g/mol. The summed E-state index contributed by atoms with van der Waals surface area (Å²) in [5.41, 5.74) is 2.60. The van der Waals surface area contributed by atoms with E-state index in [4.69, 9.17) is 5.11 Å². The molecule has 0 saturated carbocycles. The standard InChI is InChI=1S/C23H18F2N4O3/c24-17-9-16(10-18(25)12-17)13-28(19-7-5-15(6-8-19)11-23(31)32)22(30)14-29-21-4-2-1-3-20(21)26-27-29/h1-10,12H,11,13-14H2,(H,31,32). The molecule has 0 atom stereocenters. The smallest absolute Gasteiger partial charge is 0.307 e. The summed E-state index contributed by atoms with van der Waals surface area (Å²) in [6.45, 7) is -0.229. The van der Waals surface area contributed by atoms with Crippen LogP contribution in [0.3, 0.4) is 0 Å². The summed E-state index contributed by atoms with van der Waals surface area (Å²) in [6, 6.07) is 16.7. The van der Waals surface area contributed by atoms with Crippen LogP contribution in [0.4, 0.5) is 14.5 Å². The molecule has 1 N–H and O–H groups in total. The summed E-state index contributed by atoms with van der Waals surface area (Å²) in [6.07, 6.45) is -0.158. The molecule has 0 aliphatic rings. The summed E-state index contributed by atoms with van der Waals surface area (Å²) in [5, 5.41) is 17.0. The molecule has 4 aromatic rings. The lowest BCUT2D eigenvalue weighted by molar-refractivity contribution is -0.136. The molecule has 1 heterocycles. The molecule has 162 valence electrons. The first kappa shape index (κ1) is 21.1. The van der Waals surface area contributed by atoms with Gasteiger partial charge in [-0.25, -0.2) is 13.5 Å². The minimum Gasteiger partial charge on any atom is -0.481 e. The fourth-order valence-electron chi connectivity index (χ4n) is 3.42. The lowest BCUT2D eigenvalue weighted by atomic mass is 10.1. The maximum Gasteiger partial charge on any atom is 0.307 e. The number of nitrogens with zero attached hydrogens (tertiary/aromatic N) is 4. The third kappa shape index (κ3) is 4.77. The molecule has 0 unspecified atom stereocenters. The van der Waals surface area contributed by atoms with Crippen molar-refractivity contribution in [3.8, 4) is 0 Å². The first-order valence-corrected chi connectivity index (χ1v) is 9.73. The summed E-state index contributed by atoms with van der Waals surface area (Å²) in [5.74, 6) is -2.84. The number of amides is 1. The summed E-state index contributed by atoms with van der Waals surface area (Å²) in [7, 11) is 0. The number of halogens is 2. The van der Waals surface area contributed by atoms with Crippen molar-refractivity contribution in [1.29, 1.82) is 0 Å². The van der Waals surface area contributed by atoms with Crippen molar-refractivity contribution in [1.82, 2.24) is 15.0 Å². The van der Waals surface area contributed by atoms with Crippen LogP contribution in [0.1, 0.15) is 11.1 Å². The van der Waals surface area contributed by atoms with Crippen molar-refractivity contribution in [3.63, 3.8) is 0 Å². The number of hydrogen-bond acceptors (Lipinski definition) is 4. The molecule has 1 aromatic heterocycles. The second kappa shape index (κ2) is 8.93. The van der Waals surface area contributed by atoms with Crippen molar-refractivity contribution in [2.24, 2.45) is 0 Å². The zero-order chi connectivity index (χ0) is 22.7. The molecule has 0 saturated heterocycles. The molecule has 1 amide bonds. The van der Waals surface area contributed by atoms with Crippen LogP contribution in [0.2, 0.25) is 0 Å². The molecule has 32 heavy (non-hydrogen) atoms. The Labute approximate surface area is 181 Å². The SMILES string of the molecule is O=C(O)Cc1ccc(N(Cc2cc(F)cc(F)c2)C(=O)Cn2nnc3ccccc32)cc1. The number of aliphatic carboxylic acids is 1. The highest BCUT2D eigenvalue weighted by Crippen LogP contribution is 2.21. The maximum atomic E-state index is 13.7. The molecular formula is C23H18F2N4O3. The molecule has 3 aromatic carbocycles. The zero-order valence-corrected chi connectivity index (χ0v) is 16.8. The molecule has 4 rings (SSSR count). The fraction of sp³-hybridized carbons (Fsp3) is 0.130. The van der Waals surface area contributed by atoms with Crippen LogP contribution in [0.25, 0.3) is 11.0 Å². The second-order valence-corrected chi connectivity index (χ2v) is 7.23. The number of fused-ring (bicyclic) bond motifs is 1. The largest absolute Gasteiger partial charge is 0.481 e. The van der Waals surface area contributed by atoms with Gasteiger partial charge >= 0.3 is 5.97 Å². The van der Waals surface area contributed by atoms with E-state index in [0.717, 1.165) is 18.2 Å². The summed E-state index contributed by atoms with van der Waals surface area (Å²) >= 11 is 0. The Hall–Kier alpha value is -4.14. The van der Waals surface area contributed by atoms with E-state index in [1.165, 1.54) is 9.58 Å². The number of carboxylic acids is 1. The van der Waals surface area contributed by atoms with E-state index in [-0.39, 0.29) is 31.0 Å². The van der Waals surface area contributed by atoms with E-state index in [0.29, 0.717) is 22.3 Å². The fourth-order valence-corrected chi connectivity index (χ4v) is 3.42. The minimum absolute atomic E-state index is 0.0849. The topological polar surface area (TPSA) is 88.3 Å². The molecule has 0 bridgehead atoms. The van der Waals surface area contributed by atoms with Crippen LogP contribution in [-0.2, 0) is 29.1 Å². The number of rotatable bonds is 7. The van der Waals surface area contributed by atoms with Crippen molar-refractivity contribution < 1.29 is 23.5 Å². The highest BCUT2D eigenvalue weighted by molar-refractivity contribution is 5.94. The van der Waals surface area contributed by atoms with Crippen LogP contribution in [0.5, 0.6) is 0 Å². The second-order valence-electron chi connectivity index (χ2n) is 7.23. The number of anilines is 1. The molecule has 0 fully saturated rings. The highest BCUT2D eigenvalue weighted by Gasteiger charge is 2.19. The van der Waals surface area contributed by atoms with E-state index >= 15 is 0 Å². The van der Waals surface area contributed by atoms with Gasteiger partial charge < -0.3 is 10.0 Å². The number of carbonyl (C=O) groups is 2. The van der Waals surface area contributed by atoms with Gasteiger partial charge in [-0.05, 0) is 47.5 Å². The Kier molecular flexibility index (Phi) is 5.89. The highest BCUT2D eigenvalue weighted by atomic mass is 19.1. The summed E-state index contributed by atoms with van der Waals surface area (Å²) < 4.78 is 28.9. The van der Waals surface area contributed by atoms with Crippen molar-refractivity contribution in [3.05, 3.63) is 89.5 Å². The van der Waals surface area contributed by atoms with Crippen LogP contribution in [0.15, 0.2) is 66.7 Å². The van der Waals surface area contributed by atoms with Gasteiger partial charge in [0, 0.05) is 11.8 Å². The number of para-hydroxylation sites is 1. The normalized spacial score (nSPS) is 10.9. The number of carbonyl (C=O) groups excluding carboxylic acids is 1. The van der Waals surface area contributed by atoms with Gasteiger partial charge in [0.15, 0.2) is 0 Å². The van der Waals surface area contributed by atoms with Crippen molar-refractivity contribution in [2.75, 3.05) is 4.90 Å². The van der Waals surface area contributed by atoms with Gasteiger partial charge in [0.25, 0.3) is 0 Å². The zero-order valence-electron chi connectivity index (χ0n) is 16.8. The van der Waals surface area contributed by atoms with Gasteiger partial charge in [-0.2, -0.15) is 0 Å². The Bertz CT molecular complexity index is 1270. The van der Waals surface area contributed by atoms with Crippen LogP contribution in [-0.4, -0.2) is 32.0 Å². The Morgan fingerprint density at radius 2 is 1.62 bits per heavy atom. The molecule has 9 heteroatoms. The predicted octanol–water partition coefficient (Wildman–Crippen LogP) is 3.57. The molecule has 0 aliphatic heterocycles. The van der Waals surface area contributed by atoms with Gasteiger partial charge in [0.1, 0.15) is 23.7 Å². The lowest BCUT2D eigenvalue weighted by Crippen LogP contribution is -2.33. The van der Waals surface area contributed by atoms with Gasteiger partial charge in [-0.3, -0.25) is 9.59 Å².